The number of nitrogens with zero attached hydrogens (tertiary/aromatic N) is 1. The third-order valence-electron chi connectivity index (χ3n) is 6.72. The van der Waals surface area contributed by atoms with Gasteiger partial charge in [0.1, 0.15) is 11.5 Å². The van der Waals surface area contributed by atoms with Crippen molar-refractivity contribution in [2.24, 2.45) is 0 Å². The standard InChI is InChI=1S/C28H33NO4/c1-4-17-33-23-15-13-21(14-16-23)26(30)24-25(20-11-9-19(10-12-20)18(2)3)29(28(32)27(24)31)22-7-5-6-8-22/h9-16,18,22,25,30H,4-8,17H2,1-3H3/b26-24-. The second kappa shape index (κ2) is 9.82. The Labute approximate surface area is 196 Å². The van der Waals surface area contributed by atoms with Crippen molar-refractivity contribution < 1.29 is 19.4 Å². The molecular formula is C28H33NO4. The van der Waals surface area contributed by atoms with Crippen molar-refractivity contribution >= 4 is 17.4 Å². The minimum atomic E-state index is -0.608. The number of likely N-dealkylation sites (tertiary alicyclic amines) is 1. The highest BCUT2D eigenvalue weighted by atomic mass is 16.5. The van der Waals surface area contributed by atoms with Crippen molar-refractivity contribution in [3.05, 3.63) is 70.8 Å². The molecule has 1 heterocycles. The summed E-state index contributed by atoms with van der Waals surface area (Å²) in [6.45, 7) is 6.92. The van der Waals surface area contributed by atoms with Crippen LogP contribution in [0.5, 0.6) is 5.75 Å². The molecule has 0 bridgehead atoms. The lowest BCUT2D eigenvalue weighted by molar-refractivity contribution is -0.141. The first-order valence-corrected chi connectivity index (χ1v) is 12.1. The fourth-order valence-corrected chi connectivity index (χ4v) is 4.88. The first kappa shape index (κ1) is 23.1. The lowest BCUT2D eigenvalue weighted by Crippen LogP contribution is -2.37. The Balaban J connectivity index is 1.78. The predicted molar refractivity (Wildman–Crippen MR) is 129 cm³/mol. The van der Waals surface area contributed by atoms with Crippen LogP contribution in [-0.4, -0.2) is 34.3 Å². The molecular weight excluding hydrogens is 414 g/mol. The van der Waals surface area contributed by atoms with Gasteiger partial charge in [0.2, 0.25) is 0 Å². The first-order chi connectivity index (χ1) is 15.9. The number of Topliss-reactive ketones (excluding diaryl/α,β-unsaturated/α-hetero) is 1. The van der Waals surface area contributed by atoms with Crippen molar-refractivity contribution in [2.45, 2.75) is 70.9 Å². The Hall–Kier alpha value is -3.08. The number of aliphatic hydroxyl groups excluding tert-OH is 1. The van der Waals surface area contributed by atoms with Crippen molar-refractivity contribution in [1.29, 1.82) is 0 Å². The Morgan fingerprint density at radius 2 is 1.67 bits per heavy atom. The summed E-state index contributed by atoms with van der Waals surface area (Å²) in [5.41, 5.74) is 2.73. The quantitative estimate of drug-likeness (QED) is 0.323. The highest BCUT2D eigenvalue weighted by Gasteiger charge is 2.49. The molecule has 1 aliphatic heterocycles. The number of hydrogen-bond donors (Lipinski definition) is 1. The molecule has 2 aromatic carbocycles. The van der Waals surface area contributed by atoms with Crippen LogP contribution in [0, 0.1) is 0 Å². The van der Waals surface area contributed by atoms with Crippen molar-refractivity contribution in [1.82, 2.24) is 4.90 Å². The van der Waals surface area contributed by atoms with Crippen LogP contribution in [-0.2, 0) is 9.59 Å². The van der Waals surface area contributed by atoms with Gasteiger partial charge in [-0.05, 0) is 60.6 Å². The van der Waals surface area contributed by atoms with E-state index in [-0.39, 0.29) is 17.4 Å². The molecule has 174 valence electrons. The number of carbonyl (C=O) groups excluding carboxylic acids is 2. The van der Waals surface area contributed by atoms with E-state index in [0.29, 0.717) is 23.8 Å². The average Bonchev–Trinajstić information content (AvgIpc) is 3.44. The SMILES string of the molecule is CCCOc1ccc(/C(O)=C2/C(=O)C(=O)N(C3CCCC3)C2c2ccc(C(C)C)cc2)cc1. The number of rotatable bonds is 7. The van der Waals surface area contributed by atoms with Crippen molar-refractivity contribution in [3.8, 4) is 5.75 Å². The molecule has 2 fully saturated rings. The number of hydrogen-bond acceptors (Lipinski definition) is 4. The van der Waals surface area contributed by atoms with Gasteiger partial charge in [0.25, 0.3) is 11.7 Å². The van der Waals surface area contributed by atoms with Crippen molar-refractivity contribution in [3.63, 3.8) is 0 Å². The maximum atomic E-state index is 13.2. The number of amides is 1. The molecule has 1 saturated heterocycles. The summed E-state index contributed by atoms with van der Waals surface area (Å²) in [7, 11) is 0. The Kier molecular flexibility index (Phi) is 6.87. The summed E-state index contributed by atoms with van der Waals surface area (Å²) in [5.74, 6) is -0.156. The summed E-state index contributed by atoms with van der Waals surface area (Å²) in [4.78, 5) is 28.1. The number of carbonyl (C=O) groups is 2. The van der Waals surface area contributed by atoms with E-state index in [1.165, 1.54) is 5.56 Å². The second-order valence-corrected chi connectivity index (χ2v) is 9.34. The van der Waals surface area contributed by atoms with Crippen LogP contribution >= 0.6 is 0 Å². The van der Waals surface area contributed by atoms with E-state index in [4.69, 9.17) is 4.74 Å². The van der Waals surface area contributed by atoms with Crippen LogP contribution in [0.25, 0.3) is 5.76 Å². The van der Waals surface area contributed by atoms with E-state index in [0.717, 1.165) is 37.7 Å². The Morgan fingerprint density at radius 3 is 2.24 bits per heavy atom. The molecule has 2 aromatic rings. The zero-order chi connectivity index (χ0) is 23.5. The molecule has 4 rings (SSSR count). The average molecular weight is 448 g/mol. The van der Waals surface area contributed by atoms with E-state index in [1.54, 1.807) is 29.2 Å². The zero-order valence-corrected chi connectivity index (χ0v) is 19.7. The lowest BCUT2D eigenvalue weighted by Gasteiger charge is -2.31. The number of benzene rings is 2. The zero-order valence-electron chi connectivity index (χ0n) is 19.7. The molecule has 1 unspecified atom stereocenters. The third-order valence-corrected chi connectivity index (χ3v) is 6.72. The molecule has 5 nitrogen and oxygen atoms in total. The third kappa shape index (κ3) is 4.54. The van der Waals surface area contributed by atoms with Crippen molar-refractivity contribution in [2.75, 3.05) is 6.61 Å². The number of aliphatic hydroxyl groups is 1. The lowest BCUT2D eigenvalue weighted by atomic mass is 9.92. The summed E-state index contributed by atoms with van der Waals surface area (Å²) in [6.07, 6.45) is 4.77. The topological polar surface area (TPSA) is 66.8 Å². The minimum absolute atomic E-state index is 0.0198. The molecule has 1 N–H and O–H groups in total. The van der Waals surface area contributed by atoms with Gasteiger partial charge in [0, 0.05) is 11.6 Å². The maximum Gasteiger partial charge on any atom is 0.295 e. The van der Waals surface area contributed by atoms with Crippen LogP contribution in [0.3, 0.4) is 0 Å². The second-order valence-electron chi connectivity index (χ2n) is 9.34. The molecule has 2 aliphatic rings. The van der Waals surface area contributed by atoms with Gasteiger partial charge in [-0.15, -0.1) is 0 Å². The molecule has 5 heteroatoms. The van der Waals surface area contributed by atoms with E-state index >= 15 is 0 Å². The summed E-state index contributed by atoms with van der Waals surface area (Å²) >= 11 is 0. The first-order valence-electron chi connectivity index (χ1n) is 12.1. The molecule has 1 saturated carbocycles. The minimum Gasteiger partial charge on any atom is -0.507 e. The van der Waals surface area contributed by atoms with Crippen LogP contribution in [0.15, 0.2) is 54.1 Å². The van der Waals surface area contributed by atoms with E-state index in [2.05, 4.69) is 26.0 Å². The number of ketones is 1. The molecule has 0 aromatic heterocycles. The maximum absolute atomic E-state index is 13.2. The summed E-state index contributed by atoms with van der Waals surface area (Å²) < 4.78 is 5.63. The Bertz CT molecular complexity index is 1030. The van der Waals surface area contributed by atoms with E-state index in [9.17, 15) is 14.7 Å². The summed E-state index contributed by atoms with van der Waals surface area (Å²) in [5, 5.41) is 11.2. The molecule has 1 atom stereocenters. The molecule has 0 spiro atoms. The van der Waals surface area contributed by atoms with E-state index < -0.39 is 17.7 Å². The fourth-order valence-electron chi connectivity index (χ4n) is 4.88. The van der Waals surface area contributed by atoms with E-state index in [1.807, 2.05) is 19.1 Å². The van der Waals surface area contributed by atoms with Crippen LogP contribution in [0.2, 0.25) is 0 Å². The van der Waals surface area contributed by atoms with Gasteiger partial charge in [0.05, 0.1) is 18.2 Å². The smallest absolute Gasteiger partial charge is 0.295 e. The number of ether oxygens (including phenoxy) is 1. The van der Waals surface area contributed by atoms with Gasteiger partial charge in [0.15, 0.2) is 0 Å². The van der Waals surface area contributed by atoms with Gasteiger partial charge >= 0.3 is 0 Å². The van der Waals surface area contributed by atoms with Crippen LogP contribution < -0.4 is 4.74 Å². The summed E-state index contributed by atoms with van der Waals surface area (Å²) in [6, 6.07) is 14.6. The van der Waals surface area contributed by atoms with Gasteiger partial charge in [-0.3, -0.25) is 9.59 Å². The van der Waals surface area contributed by atoms with Gasteiger partial charge in [-0.2, -0.15) is 0 Å². The highest BCUT2D eigenvalue weighted by Crippen LogP contribution is 2.43. The molecule has 1 amide bonds. The highest BCUT2D eigenvalue weighted by molar-refractivity contribution is 6.46. The monoisotopic (exact) mass is 447 g/mol. The predicted octanol–water partition coefficient (Wildman–Crippen LogP) is 5.96. The van der Waals surface area contributed by atoms with Gasteiger partial charge < -0.3 is 14.7 Å². The molecule has 1 aliphatic carbocycles. The Morgan fingerprint density at radius 1 is 1.03 bits per heavy atom. The largest absolute Gasteiger partial charge is 0.507 e. The fraction of sp³-hybridized carbons (Fsp3) is 0.429. The normalized spacial score (nSPS) is 20.7. The van der Waals surface area contributed by atoms with Gasteiger partial charge in [-0.1, -0.05) is 57.9 Å². The van der Waals surface area contributed by atoms with Crippen LogP contribution in [0.1, 0.15) is 81.5 Å². The van der Waals surface area contributed by atoms with Gasteiger partial charge in [-0.25, -0.2) is 0 Å². The van der Waals surface area contributed by atoms with Crippen LogP contribution in [0.4, 0.5) is 0 Å². The molecule has 0 radical (unpaired) electrons. The molecule has 33 heavy (non-hydrogen) atoms.